The van der Waals surface area contributed by atoms with Gasteiger partial charge in [0.15, 0.2) is 0 Å². The number of hydrogen-bond donors (Lipinski definition) is 0. The fraction of sp³-hybridized carbons (Fsp3) is 0.250. The van der Waals surface area contributed by atoms with Crippen LogP contribution in [0.25, 0.3) is 16.8 Å². The average Bonchev–Trinajstić information content (AvgIpc) is 3.62. The summed E-state index contributed by atoms with van der Waals surface area (Å²) in [7, 11) is 0. The van der Waals surface area contributed by atoms with Crippen LogP contribution in [0.2, 0.25) is 0 Å². The Kier molecular flexibility index (Phi) is 5.00. The van der Waals surface area contributed by atoms with Crippen molar-refractivity contribution < 1.29 is 14.5 Å². The summed E-state index contributed by atoms with van der Waals surface area (Å²) in [5.41, 5.74) is 5.65. The first-order chi connectivity index (χ1) is 17.3. The van der Waals surface area contributed by atoms with Crippen LogP contribution in [0.15, 0.2) is 71.9 Å². The van der Waals surface area contributed by atoms with Crippen molar-refractivity contribution in [2.24, 2.45) is 28.8 Å². The maximum absolute atomic E-state index is 12.9. The molecule has 1 saturated heterocycles. The molecule has 0 N–H and O–H groups in total. The van der Waals surface area contributed by atoms with E-state index in [1.807, 2.05) is 44.2 Å². The molecule has 3 aromatic rings. The van der Waals surface area contributed by atoms with Crippen molar-refractivity contribution in [2.45, 2.75) is 20.3 Å². The number of carbonyl (C=O) groups excluding carboxylic acids is 2. The van der Waals surface area contributed by atoms with Crippen LogP contribution in [0.4, 0.5) is 5.69 Å². The fourth-order valence-corrected chi connectivity index (χ4v) is 6.01. The third-order valence-corrected chi connectivity index (χ3v) is 7.77. The van der Waals surface area contributed by atoms with Gasteiger partial charge in [-0.25, -0.2) is 0 Å². The number of non-ortho nitro benzene ring substituents is 1. The van der Waals surface area contributed by atoms with Gasteiger partial charge in [-0.15, -0.1) is 0 Å². The SMILES string of the molecule is Cc1cc(/C=N\N2C(=O)[C@@H]3[C@H](C2=O)[C@H]2C=C[C@H]3C2)c(C)n1-c1ccc(-c2ccc([N+](=O)[O-])cc2)cc1. The summed E-state index contributed by atoms with van der Waals surface area (Å²) >= 11 is 0. The molecule has 4 atom stereocenters. The Morgan fingerprint density at radius 1 is 0.917 bits per heavy atom. The van der Waals surface area contributed by atoms with Gasteiger partial charge in [-0.3, -0.25) is 19.7 Å². The van der Waals surface area contributed by atoms with Gasteiger partial charge in [0.25, 0.3) is 17.5 Å². The zero-order valence-electron chi connectivity index (χ0n) is 19.9. The zero-order valence-corrected chi connectivity index (χ0v) is 19.9. The smallest absolute Gasteiger partial charge is 0.269 e. The van der Waals surface area contributed by atoms with Gasteiger partial charge in [-0.1, -0.05) is 24.3 Å². The summed E-state index contributed by atoms with van der Waals surface area (Å²) in [6.07, 6.45) is 6.65. The van der Waals surface area contributed by atoms with Crippen LogP contribution >= 0.6 is 0 Å². The van der Waals surface area contributed by atoms with Gasteiger partial charge < -0.3 is 4.57 Å². The summed E-state index contributed by atoms with van der Waals surface area (Å²) in [5, 5.41) is 16.3. The molecule has 180 valence electrons. The Bertz CT molecular complexity index is 1440. The van der Waals surface area contributed by atoms with Crippen LogP contribution in [-0.2, 0) is 9.59 Å². The van der Waals surface area contributed by atoms with Crippen LogP contribution in [0.1, 0.15) is 23.4 Å². The molecule has 1 aromatic heterocycles. The number of nitro benzene ring substituents is 1. The molecule has 0 unspecified atom stereocenters. The summed E-state index contributed by atoms with van der Waals surface area (Å²) in [6.45, 7) is 3.97. The molecule has 0 spiro atoms. The highest BCUT2D eigenvalue weighted by Gasteiger charge is 2.59. The highest BCUT2D eigenvalue weighted by molar-refractivity contribution is 6.06. The van der Waals surface area contributed by atoms with E-state index in [1.165, 1.54) is 12.1 Å². The van der Waals surface area contributed by atoms with E-state index in [0.29, 0.717) is 0 Å². The van der Waals surface area contributed by atoms with E-state index in [9.17, 15) is 19.7 Å². The summed E-state index contributed by atoms with van der Waals surface area (Å²) < 4.78 is 2.09. The number of imide groups is 1. The number of aromatic nitrogens is 1. The molecular weight excluding hydrogens is 456 g/mol. The fourth-order valence-electron chi connectivity index (χ4n) is 6.01. The van der Waals surface area contributed by atoms with E-state index in [0.717, 1.165) is 45.2 Å². The van der Waals surface area contributed by atoms with Crippen LogP contribution in [-0.4, -0.2) is 32.5 Å². The quantitative estimate of drug-likeness (QED) is 0.172. The lowest BCUT2D eigenvalue weighted by atomic mass is 9.85. The second-order valence-corrected chi connectivity index (χ2v) is 9.75. The van der Waals surface area contributed by atoms with Crippen LogP contribution in [0.5, 0.6) is 0 Å². The molecule has 1 saturated carbocycles. The Labute approximate surface area is 207 Å². The minimum atomic E-state index is -0.409. The number of allylic oxidation sites excluding steroid dienone is 2. The Morgan fingerprint density at radius 2 is 1.47 bits per heavy atom. The van der Waals surface area contributed by atoms with Gasteiger partial charge in [0.1, 0.15) is 0 Å². The molecule has 0 radical (unpaired) electrons. The largest absolute Gasteiger partial charge is 0.318 e. The Morgan fingerprint density at radius 3 is 2.03 bits per heavy atom. The summed E-state index contributed by atoms with van der Waals surface area (Å²) in [4.78, 5) is 36.3. The third kappa shape index (κ3) is 3.32. The second-order valence-electron chi connectivity index (χ2n) is 9.75. The lowest BCUT2D eigenvalue weighted by Crippen LogP contribution is -2.28. The molecule has 8 nitrogen and oxygen atoms in total. The first-order valence-electron chi connectivity index (χ1n) is 12.0. The van der Waals surface area contributed by atoms with E-state index >= 15 is 0 Å². The average molecular weight is 481 g/mol. The van der Waals surface area contributed by atoms with E-state index in [2.05, 4.69) is 21.8 Å². The third-order valence-electron chi connectivity index (χ3n) is 7.77. The summed E-state index contributed by atoms with van der Waals surface area (Å²) in [5.74, 6) is -0.563. The highest BCUT2D eigenvalue weighted by atomic mass is 16.6. The van der Waals surface area contributed by atoms with Crippen molar-refractivity contribution in [3.8, 4) is 16.8 Å². The molecular formula is C28H24N4O4. The van der Waals surface area contributed by atoms with Gasteiger partial charge in [0.2, 0.25) is 0 Å². The van der Waals surface area contributed by atoms with Gasteiger partial charge >= 0.3 is 0 Å². The number of hydrazone groups is 1. The monoisotopic (exact) mass is 480 g/mol. The van der Waals surface area contributed by atoms with Crippen LogP contribution < -0.4 is 0 Å². The number of benzene rings is 2. The lowest BCUT2D eigenvalue weighted by molar-refractivity contribution is -0.384. The molecule has 3 aliphatic rings. The number of fused-ring (bicyclic) bond motifs is 5. The molecule has 2 aliphatic carbocycles. The maximum atomic E-state index is 12.9. The lowest BCUT2D eigenvalue weighted by Gasteiger charge is -2.13. The van der Waals surface area contributed by atoms with E-state index in [4.69, 9.17) is 0 Å². The number of carbonyl (C=O) groups is 2. The molecule has 8 heteroatoms. The number of amides is 2. The minimum Gasteiger partial charge on any atom is -0.318 e. The molecule has 2 aromatic carbocycles. The van der Waals surface area contributed by atoms with Crippen molar-refractivity contribution in [1.29, 1.82) is 0 Å². The molecule has 36 heavy (non-hydrogen) atoms. The second kappa shape index (κ2) is 8.12. The van der Waals surface area contributed by atoms with Crippen molar-refractivity contribution in [2.75, 3.05) is 0 Å². The highest BCUT2D eigenvalue weighted by Crippen LogP contribution is 2.52. The normalized spacial score (nSPS) is 24.3. The van der Waals surface area contributed by atoms with Crippen molar-refractivity contribution in [3.05, 3.63) is 93.8 Å². The predicted octanol–water partition coefficient (Wildman–Crippen LogP) is 4.81. The first-order valence-corrected chi connectivity index (χ1v) is 12.0. The molecule has 2 amide bonds. The van der Waals surface area contributed by atoms with Gasteiger partial charge in [0, 0.05) is 34.8 Å². The van der Waals surface area contributed by atoms with Gasteiger partial charge in [-0.05, 0) is 73.6 Å². The van der Waals surface area contributed by atoms with Crippen molar-refractivity contribution in [3.63, 3.8) is 0 Å². The van der Waals surface area contributed by atoms with Crippen LogP contribution in [0.3, 0.4) is 0 Å². The summed E-state index contributed by atoms with van der Waals surface area (Å²) in [6, 6.07) is 16.4. The first kappa shape index (κ1) is 22.2. The van der Waals surface area contributed by atoms with Crippen molar-refractivity contribution >= 4 is 23.7 Å². The predicted molar refractivity (Wildman–Crippen MR) is 134 cm³/mol. The zero-order chi connectivity index (χ0) is 25.1. The van der Waals surface area contributed by atoms with Gasteiger partial charge in [0.05, 0.1) is 23.0 Å². The van der Waals surface area contributed by atoms with Crippen LogP contribution in [0, 0.1) is 47.6 Å². The number of rotatable bonds is 5. The van der Waals surface area contributed by atoms with E-state index in [1.54, 1.807) is 18.3 Å². The molecule has 1 aliphatic heterocycles. The van der Waals surface area contributed by atoms with E-state index < -0.39 is 4.92 Å². The Hall–Kier alpha value is -4.33. The van der Waals surface area contributed by atoms with Gasteiger partial charge in [-0.2, -0.15) is 10.1 Å². The maximum Gasteiger partial charge on any atom is 0.269 e. The molecule has 2 fully saturated rings. The topological polar surface area (TPSA) is 97.8 Å². The number of nitro groups is 1. The Balaban J connectivity index is 1.23. The molecule has 2 bridgehead atoms. The molecule has 2 heterocycles. The minimum absolute atomic E-state index is 0.0627. The van der Waals surface area contributed by atoms with E-state index in [-0.39, 0.29) is 41.2 Å². The molecule has 6 rings (SSSR count). The standard InChI is InChI=1S/C28H24N4O4/c1-16-13-22(15-29-31-27(33)25-20-3-4-21(14-20)26(25)28(31)34)17(2)30(16)23-9-5-18(6-10-23)19-7-11-24(12-8-19)32(35)36/h3-13,15,20-21,25-26H,14H2,1-2H3/b29-15-/t20-,21-,25-,26+/m0/s1. The number of aryl methyl sites for hydroxylation is 1. The number of nitrogens with zero attached hydrogens (tertiary/aromatic N) is 4. The van der Waals surface area contributed by atoms with Crippen molar-refractivity contribution in [1.82, 2.24) is 9.58 Å². The number of hydrogen-bond acceptors (Lipinski definition) is 5.